The molecule has 1 aromatic heterocycles. The van der Waals surface area contributed by atoms with Crippen molar-refractivity contribution in [2.45, 2.75) is 50.4 Å². The van der Waals surface area contributed by atoms with Crippen LogP contribution < -0.4 is 0 Å². The van der Waals surface area contributed by atoms with E-state index in [4.69, 9.17) is 5.10 Å². The Bertz CT molecular complexity index is 915. The van der Waals surface area contributed by atoms with Gasteiger partial charge < -0.3 is 0 Å². The lowest BCUT2D eigenvalue weighted by Gasteiger charge is -2.06. The summed E-state index contributed by atoms with van der Waals surface area (Å²) in [5.41, 5.74) is 3.65. The van der Waals surface area contributed by atoms with Crippen molar-refractivity contribution in [2.75, 3.05) is 0 Å². The molecule has 1 heterocycles. The van der Waals surface area contributed by atoms with Crippen LogP contribution in [0.15, 0.2) is 63.3 Å². The average Bonchev–Trinajstić information content (AvgIpc) is 3.08. The van der Waals surface area contributed by atoms with Gasteiger partial charge in [-0.15, -0.1) is 10.2 Å². The predicted molar refractivity (Wildman–Crippen MR) is 121 cm³/mol. The summed E-state index contributed by atoms with van der Waals surface area (Å²) >= 11 is 5.13. The Balaban J connectivity index is 1.77. The fraction of sp³-hybridized carbons (Fsp3) is 0.318. The zero-order chi connectivity index (χ0) is 19.9. The number of thioether (sulfide) groups is 1. The van der Waals surface area contributed by atoms with Gasteiger partial charge in [-0.3, -0.25) is 0 Å². The molecule has 0 atom stereocenters. The third-order valence-corrected chi connectivity index (χ3v) is 5.88. The molecule has 0 N–H and O–H groups in total. The molecule has 0 saturated heterocycles. The first-order valence-corrected chi connectivity index (χ1v) is 11.3. The molecule has 0 bridgehead atoms. The Morgan fingerprint density at radius 1 is 1.07 bits per heavy atom. The first-order valence-electron chi connectivity index (χ1n) is 9.52. The number of aryl methyl sites for hydroxylation is 1. The van der Waals surface area contributed by atoms with Gasteiger partial charge in [-0.05, 0) is 41.2 Å². The van der Waals surface area contributed by atoms with Crippen LogP contribution in [-0.4, -0.2) is 21.1 Å². The minimum atomic E-state index is 0.529. The van der Waals surface area contributed by atoms with Crippen molar-refractivity contribution in [3.63, 3.8) is 0 Å². The number of nitrogens with zero attached hydrogens (tertiary/aromatic N) is 4. The molecule has 3 rings (SSSR count). The van der Waals surface area contributed by atoms with Gasteiger partial charge >= 0.3 is 0 Å². The maximum atomic E-state index is 4.69. The molecular weight excluding hydrogens is 432 g/mol. The van der Waals surface area contributed by atoms with Gasteiger partial charge in [0.15, 0.2) is 5.82 Å². The van der Waals surface area contributed by atoms with Crippen molar-refractivity contribution in [3.05, 3.63) is 75.5 Å². The number of halogens is 1. The summed E-state index contributed by atoms with van der Waals surface area (Å²) in [6, 6.07) is 16.9. The molecule has 2 aromatic carbocycles. The molecule has 0 aliphatic carbocycles. The van der Waals surface area contributed by atoms with Gasteiger partial charge in [0.25, 0.3) is 0 Å². The third kappa shape index (κ3) is 5.55. The van der Waals surface area contributed by atoms with Crippen molar-refractivity contribution >= 4 is 33.9 Å². The number of aromatic nitrogens is 3. The van der Waals surface area contributed by atoms with Crippen LogP contribution in [-0.2, 0) is 12.2 Å². The van der Waals surface area contributed by atoms with Crippen molar-refractivity contribution in [1.82, 2.24) is 14.9 Å². The second-order valence-electron chi connectivity index (χ2n) is 6.94. The maximum Gasteiger partial charge on any atom is 0.212 e. The molecule has 0 spiro atoms. The fourth-order valence-corrected chi connectivity index (χ4v) is 3.83. The van der Waals surface area contributed by atoms with Gasteiger partial charge in [0, 0.05) is 16.6 Å². The average molecular weight is 457 g/mol. The number of hydrogen-bond acceptors (Lipinski definition) is 4. The van der Waals surface area contributed by atoms with E-state index in [0.717, 1.165) is 39.6 Å². The van der Waals surface area contributed by atoms with Crippen LogP contribution in [0, 0.1) is 0 Å². The Kier molecular flexibility index (Phi) is 7.45. The summed E-state index contributed by atoms with van der Waals surface area (Å²) in [5, 5.41) is 14.2. The number of hydrogen-bond donors (Lipinski definition) is 0. The van der Waals surface area contributed by atoms with E-state index in [2.05, 4.69) is 95.4 Å². The molecule has 146 valence electrons. The van der Waals surface area contributed by atoms with E-state index >= 15 is 0 Å². The van der Waals surface area contributed by atoms with Crippen LogP contribution >= 0.6 is 27.7 Å². The van der Waals surface area contributed by atoms with E-state index in [1.165, 1.54) is 11.1 Å². The molecule has 3 aromatic rings. The van der Waals surface area contributed by atoms with Crippen LogP contribution in [0.3, 0.4) is 0 Å². The summed E-state index contributed by atoms with van der Waals surface area (Å²) in [6.07, 6.45) is 3.75. The smallest absolute Gasteiger partial charge is 0.191 e. The van der Waals surface area contributed by atoms with Crippen LogP contribution in [0.4, 0.5) is 0 Å². The monoisotopic (exact) mass is 456 g/mol. The summed E-state index contributed by atoms with van der Waals surface area (Å²) in [6.45, 7) is 6.54. The highest BCUT2D eigenvalue weighted by atomic mass is 79.9. The fourth-order valence-electron chi connectivity index (χ4n) is 2.70. The van der Waals surface area contributed by atoms with Crippen LogP contribution in [0.2, 0.25) is 0 Å². The lowest BCUT2D eigenvalue weighted by atomic mass is 10.0. The lowest BCUT2D eigenvalue weighted by Crippen LogP contribution is -2.00. The molecule has 0 radical (unpaired) electrons. The molecule has 28 heavy (non-hydrogen) atoms. The van der Waals surface area contributed by atoms with Gasteiger partial charge in [-0.2, -0.15) is 9.78 Å². The Morgan fingerprint density at radius 3 is 2.43 bits per heavy atom. The summed E-state index contributed by atoms with van der Waals surface area (Å²) in [7, 11) is 0. The quantitative estimate of drug-likeness (QED) is 0.295. The summed E-state index contributed by atoms with van der Waals surface area (Å²) in [4.78, 5) is 0. The zero-order valence-corrected chi connectivity index (χ0v) is 18.9. The van der Waals surface area contributed by atoms with E-state index in [1.807, 2.05) is 10.9 Å². The third-order valence-electron chi connectivity index (χ3n) is 4.36. The zero-order valence-electron chi connectivity index (χ0n) is 16.5. The van der Waals surface area contributed by atoms with Crippen molar-refractivity contribution < 1.29 is 0 Å². The first-order chi connectivity index (χ1) is 13.6. The standard InChI is InChI=1S/C22H25BrN4S/c1-4-5-21-25-26-22(28-15-18-8-12-20(23)13-9-18)27(21)24-14-17-6-10-19(11-7-17)16(2)3/h6-14,16H,4-5,15H2,1-3H3/b24-14-. The molecular formula is C22H25BrN4S. The van der Waals surface area contributed by atoms with Crippen LogP contribution in [0.25, 0.3) is 0 Å². The Labute approximate surface area is 179 Å². The van der Waals surface area contributed by atoms with Crippen molar-refractivity contribution in [1.29, 1.82) is 0 Å². The Morgan fingerprint density at radius 2 is 1.79 bits per heavy atom. The minimum absolute atomic E-state index is 0.529. The first kappa shape index (κ1) is 20.8. The minimum Gasteiger partial charge on any atom is -0.191 e. The van der Waals surface area contributed by atoms with E-state index in [1.54, 1.807) is 11.8 Å². The van der Waals surface area contributed by atoms with Crippen molar-refractivity contribution in [3.8, 4) is 0 Å². The molecule has 6 heteroatoms. The molecule has 0 amide bonds. The molecule has 0 aliphatic rings. The van der Waals surface area contributed by atoms with Gasteiger partial charge in [0.05, 0.1) is 6.21 Å². The largest absolute Gasteiger partial charge is 0.212 e. The SMILES string of the molecule is CCCc1nnc(SCc2ccc(Br)cc2)n1/N=C\c1ccc(C(C)C)cc1. The van der Waals surface area contributed by atoms with Gasteiger partial charge in [0.2, 0.25) is 5.16 Å². The maximum absolute atomic E-state index is 4.69. The van der Waals surface area contributed by atoms with E-state index in [-0.39, 0.29) is 0 Å². The topological polar surface area (TPSA) is 43.1 Å². The van der Waals surface area contributed by atoms with Gasteiger partial charge in [-0.1, -0.05) is 84.9 Å². The molecule has 0 fully saturated rings. The highest BCUT2D eigenvalue weighted by Gasteiger charge is 2.11. The van der Waals surface area contributed by atoms with E-state index in [9.17, 15) is 0 Å². The predicted octanol–water partition coefficient (Wildman–Crippen LogP) is 6.29. The van der Waals surface area contributed by atoms with Gasteiger partial charge in [0.1, 0.15) is 0 Å². The summed E-state index contributed by atoms with van der Waals surface area (Å²) < 4.78 is 2.96. The van der Waals surface area contributed by atoms with E-state index in [0.29, 0.717) is 5.92 Å². The van der Waals surface area contributed by atoms with Crippen LogP contribution in [0.1, 0.15) is 55.6 Å². The molecule has 0 aliphatic heterocycles. The number of rotatable bonds is 8. The second-order valence-corrected chi connectivity index (χ2v) is 8.80. The second kappa shape index (κ2) is 10.0. The van der Waals surface area contributed by atoms with E-state index < -0.39 is 0 Å². The molecule has 0 unspecified atom stereocenters. The molecule has 4 nitrogen and oxygen atoms in total. The lowest BCUT2D eigenvalue weighted by molar-refractivity contribution is 0.700. The number of benzene rings is 2. The Hall–Kier alpha value is -1.92. The molecule has 0 saturated carbocycles. The normalized spacial score (nSPS) is 11.6. The van der Waals surface area contributed by atoms with Crippen LogP contribution in [0.5, 0.6) is 0 Å². The van der Waals surface area contributed by atoms with Gasteiger partial charge in [-0.25, -0.2) is 0 Å². The highest BCUT2D eigenvalue weighted by molar-refractivity contribution is 9.10. The summed E-state index contributed by atoms with van der Waals surface area (Å²) in [5.74, 6) is 2.26. The highest BCUT2D eigenvalue weighted by Crippen LogP contribution is 2.23. The van der Waals surface area contributed by atoms with Crippen molar-refractivity contribution in [2.24, 2.45) is 5.10 Å².